The maximum Gasteiger partial charge on any atom is 0.573 e. The van der Waals surface area contributed by atoms with Crippen molar-refractivity contribution in [2.75, 3.05) is 6.54 Å². The van der Waals surface area contributed by atoms with Crippen molar-refractivity contribution in [3.05, 3.63) is 48.3 Å². The van der Waals surface area contributed by atoms with Crippen LogP contribution in [-0.2, 0) is 13.1 Å². The average Bonchev–Trinajstić information content (AvgIpc) is 2.90. The Balaban J connectivity index is 1.71. The number of hydrogen-bond donors (Lipinski definition) is 1. The normalized spacial score (nSPS) is 11.6. The van der Waals surface area contributed by atoms with Gasteiger partial charge in [0.1, 0.15) is 5.75 Å². The summed E-state index contributed by atoms with van der Waals surface area (Å²) in [4.78, 5) is 0. The smallest absolute Gasteiger partial charge is 0.406 e. The summed E-state index contributed by atoms with van der Waals surface area (Å²) < 4.78 is 42.1. The molecule has 1 N–H and O–H groups in total. The largest absolute Gasteiger partial charge is 0.573 e. The first-order valence-corrected chi connectivity index (χ1v) is 6.56. The third kappa shape index (κ3) is 5.86. The van der Waals surface area contributed by atoms with Crippen molar-refractivity contribution in [2.45, 2.75) is 25.9 Å². The molecule has 0 spiro atoms. The maximum atomic E-state index is 12.1. The van der Waals surface area contributed by atoms with Crippen LogP contribution in [0, 0.1) is 0 Å². The lowest BCUT2D eigenvalue weighted by Gasteiger charge is -2.10. The Morgan fingerprint density at radius 3 is 2.81 bits per heavy atom. The number of rotatable bonds is 7. The van der Waals surface area contributed by atoms with E-state index in [0.29, 0.717) is 6.54 Å². The van der Waals surface area contributed by atoms with Crippen LogP contribution >= 0.6 is 0 Å². The van der Waals surface area contributed by atoms with Gasteiger partial charge in [0.05, 0.1) is 0 Å². The number of hydrogen-bond acceptors (Lipinski definition) is 3. The van der Waals surface area contributed by atoms with E-state index in [9.17, 15) is 13.2 Å². The van der Waals surface area contributed by atoms with Crippen molar-refractivity contribution in [1.29, 1.82) is 0 Å². The van der Waals surface area contributed by atoms with Gasteiger partial charge >= 0.3 is 6.36 Å². The molecule has 0 aliphatic carbocycles. The van der Waals surface area contributed by atoms with Gasteiger partial charge < -0.3 is 10.1 Å². The number of nitrogens with zero attached hydrogens (tertiary/aromatic N) is 2. The van der Waals surface area contributed by atoms with Gasteiger partial charge in [-0.05, 0) is 36.7 Å². The summed E-state index contributed by atoms with van der Waals surface area (Å²) in [6.45, 7) is 2.05. The van der Waals surface area contributed by atoms with Crippen LogP contribution in [0.1, 0.15) is 12.0 Å². The molecule has 0 aliphatic heterocycles. The van der Waals surface area contributed by atoms with E-state index >= 15 is 0 Å². The molecule has 0 radical (unpaired) electrons. The minimum atomic E-state index is -4.66. The van der Waals surface area contributed by atoms with Crippen LogP contribution in [0.2, 0.25) is 0 Å². The predicted molar refractivity (Wildman–Crippen MR) is 71.7 cm³/mol. The zero-order valence-corrected chi connectivity index (χ0v) is 11.3. The second kappa shape index (κ2) is 7.12. The quantitative estimate of drug-likeness (QED) is 0.799. The molecule has 0 bridgehead atoms. The number of ether oxygens (including phenoxy) is 1. The summed E-state index contributed by atoms with van der Waals surface area (Å²) in [5.41, 5.74) is 0.746. The van der Waals surface area contributed by atoms with E-state index in [2.05, 4.69) is 15.2 Å². The molecule has 2 rings (SSSR count). The molecule has 0 atom stereocenters. The van der Waals surface area contributed by atoms with Gasteiger partial charge in [0.15, 0.2) is 0 Å². The predicted octanol–water partition coefficient (Wildman–Crippen LogP) is 2.96. The molecule has 0 aliphatic rings. The van der Waals surface area contributed by atoms with Gasteiger partial charge in [0.2, 0.25) is 0 Å². The first-order chi connectivity index (χ1) is 10.0. The first kappa shape index (κ1) is 15.4. The molecule has 0 amide bonds. The Morgan fingerprint density at radius 1 is 1.24 bits per heavy atom. The highest BCUT2D eigenvalue weighted by Crippen LogP contribution is 2.23. The van der Waals surface area contributed by atoms with Crippen LogP contribution in [0.3, 0.4) is 0 Å². The zero-order valence-electron chi connectivity index (χ0n) is 11.3. The van der Waals surface area contributed by atoms with Crippen LogP contribution in [0.5, 0.6) is 5.75 Å². The molecule has 0 saturated heterocycles. The summed E-state index contributed by atoms with van der Waals surface area (Å²) in [5, 5.41) is 7.26. The lowest BCUT2D eigenvalue weighted by molar-refractivity contribution is -0.274. The fraction of sp³-hybridized carbons (Fsp3) is 0.357. The van der Waals surface area contributed by atoms with Gasteiger partial charge in [-0.2, -0.15) is 5.10 Å². The molecule has 114 valence electrons. The highest BCUT2D eigenvalue weighted by Gasteiger charge is 2.31. The van der Waals surface area contributed by atoms with Crippen molar-refractivity contribution in [3.63, 3.8) is 0 Å². The number of nitrogens with one attached hydrogen (secondary N) is 1. The van der Waals surface area contributed by atoms with Gasteiger partial charge in [-0.1, -0.05) is 12.1 Å². The topological polar surface area (TPSA) is 39.1 Å². The van der Waals surface area contributed by atoms with E-state index in [-0.39, 0.29) is 5.75 Å². The molecule has 7 heteroatoms. The summed E-state index contributed by atoms with van der Waals surface area (Å²) in [7, 11) is 0. The molecule has 0 unspecified atom stereocenters. The SMILES string of the molecule is FC(F)(F)Oc1cccc(CNCCCn2cccn2)c1. The Bertz CT molecular complexity index is 541. The second-order valence-corrected chi connectivity index (χ2v) is 4.49. The Hall–Kier alpha value is -2.02. The molecule has 21 heavy (non-hydrogen) atoms. The molecule has 1 aromatic heterocycles. The number of alkyl halides is 3. The van der Waals surface area contributed by atoms with Crippen molar-refractivity contribution in [3.8, 4) is 5.75 Å². The minimum absolute atomic E-state index is 0.196. The van der Waals surface area contributed by atoms with Crippen LogP contribution in [0.15, 0.2) is 42.7 Å². The molecular weight excluding hydrogens is 283 g/mol. The number of aromatic nitrogens is 2. The van der Waals surface area contributed by atoms with Gasteiger partial charge in [-0.15, -0.1) is 13.2 Å². The standard InChI is InChI=1S/C14H16F3N3O/c15-14(16,17)21-13-5-1-4-12(10-13)11-18-6-2-8-20-9-3-7-19-20/h1,3-5,7,9-10,18H,2,6,8,11H2. The molecule has 4 nitrogen and oxygen atoms in total. The lowest BCUT2D eigenvalue weighted by Crippen LogP contribution is -2.18. The molecule has 0 fully saturated rings. The third-order valence-electron chi connectivity index (χ3n) is 2.76. The summed E-state index contributed by atoms with van der Waals surface area (Å²) in [6.07, 6.45) is -0.159. The Kier molecular flexibility index (Phi) is 5.21. The van der Waals surface area contributed by atoms with Crippen molar-refractivity contribution < 1.29 is 17.9 Å². The van der Waals surface area contributed by atoms with E-state index < -0.39 is 6.36 Å². The van der Waals surface area contributed by atoms with E-state index in [4.69, 9.17) is 0 Å². The highest BCUT2D eigenvalue weighted by atomic mass is 19.4. The van der Waals surface area contributed by atoms with E-state index in [0.717, 1.165) is 25.1 Å². The average molecular weight is 299 g/mol. The van der Waals surface area contributed by atoms with Crippen LogP contribution in [0.25, 0.3) is 0 Å². The first-order valence-electron chi connectivity index (χ1n) is 6.56. The van der Waals surface area contributed by atoms with Crippen LogP contribution in [0.4, 0.5) is 13.2 Å². The molecule has 1 heterocycles. The van der Waals surface area contributed by atoms with Crippen molar-refractivity contribution in [2.24, 2.45) is 0 Å². The van der Waals surface area contributed by atoms with Crippen LogP contribution in [-0.4, -0.2) is 22.7 Å². The number of halogens is 3. The van der Waals surface area contributed by atoms with Crippen LogP contribution < -0.4 is 10.1 Å². The van der Waals surface area contributed by atoms with E-state index in [1.807, 2.05) is 16.9 Å². The van der Waals surface area contributed by atoms with Gasteiger partial charge in [0.25, 0.3) is 0 Å². The summed E-state index contributed by atoms with van der Waals surface area (Å²) in [5.74, 6) is -0.196. The van der Waals surface area contributed by atoms with Gasteiger partial charge in [0, 0.05) is 25.5 Å². The Labute approximate surface area is 120 Å². The molecule has 0 saturated carbocycles. The number of aryl methyl sites for hydroxylation is 1. The Morgan fingerprint density at radius 2 is 2.10 bits per heavy atom. The van der Waals surface area contributed by atoms with Gasteiger partial charge in [-0.3, -0.25) is 4.68 Å². The molecule has 2 aromatic rings. The van der Waals surface area contributed by atoms with E-state index in [1.54, 1.807) is 18.3 Å². The maximum absolute atomic E-state index is 12.1. The lowest BCUT2D eigenvalue weighted by atomic mass is 10.2. The summed E-state index contributed by atoms with van der Waals surface area (Å²) in [6, 6.07) is 7.83. The van der Waals surface area contributed by atoms with Gasteiger partial charge in [-0.25, -0.2) is 0 Å². The fourth-order valence-electron chi connectivity index (χ4n) is 1.88. The molecular formula is C14H16F3N3O. The third-order valence-corrected chi connectivity index (χ3v) is 2.76. The molecule has 1 aromatic carbocycles. The number of benzene rings is 1. The summed E-state index contributed by atoms with van der Waals surface area (Å²) >= 11 is 0. The fourth-order valence-corrected chi connectivity index (χ4v) is 1.88. The van der Waals surface area contributed by atoms with E-state index in [1.165, 1.54) is 12.1 Å². The second-order valence-electron chi connectivity index (χ2n) is 4.49. The highest BCUT2D eigenvalue weighted by molar-refractivity contribution is 5.28. The minimum Gasteiger partial charge on any atom is -0.406 e. The van der Waals surface area contributed by atoms with Crippen molar-refractivity contribution >= 4 is 0 Å². The zero-order chi connectivity index (χ0) is 15.1. The van der Waals surface area contributed by atoms with Crippen molar-refractivity contribution in [1.82, 2.24) is 15.1 Å². The monoisotopic (exact) mass is 299 g/mol.